The molecule has 0 aliphatic heterocycles. The molecule has 0 spiro atoms. The summed E-state index contributed by atoms with van der Waals surface area (Å²) in [4.78, 5) is 0. The third-order valence-corrected chi connectivity index (χ3v) is 2.30. The molecule has 87 valence electrons. The lowest BCUT2D eigenvalue weighted by atomic mass is 10.2. The quantitative estimate of drug-likeness (QED) is 0.726. The minimum Gasteiger partial charge on any atom is -0.460 e. The first-order chi connectivity index (χ1) is 8.40. The van der Waals surface area contributed by atoms with Crippen molar-refractivity contribution in [3.8, 4) is 5.75 Å². The van der Waals surface area contributed by atoms with Crippen LogP contribution in [0.5, 0.6) is 5.75 Å². The molecule has 0 aliphatic rings. The van der Waals surface area contributed by atoms with Crippen molar-refractivity contribution >= 4 is 0 Å². The summed E-state index contributed by atoms with van der Waals surface area (Å²) in [6, 6.07) is 20.4. The minimum atomic E-state index is -0.375. The van der Waals surface area contributed by atoms with Gasteiger partial charge in [0.25, 0.3) is 0 Å². The maximum Gasteiger partial charge on any atom is 0.226 e. The van der Waals surface area contributed by atoms with E-state index in [0.29, 0.717) is 12.4 Å². The zero-order valence-electron chi connectivity index (χ0n) is 9.80. The van der Waals surface area contributed by atoms with Gasteiger partial charge in [0.2, 0.25) is 6.29 Å². The minimum absolute atomic E-state index is 0.375. The van der Waals surface area contributed by atoms with Gasteiger partial charge in [0.1, 0.15) is 5.75 Å². The van der Waals surface area contributed by atoms with Gasteiger partial charge in [0.15, 0.2) is 0 Å². The Morgan fingerprint density at radius 2 is 1.82 bits per heavy atom. The van der Waals surface area contributed by atoms with Crippen molar-refractivity contribution in [1.29, 1.82) is 0 Å². The van der Waals surface area contributed by atoms with Gasteiger partial charge in [0.05, 0.1) is 0 Å². The Bertz CT molecular complexity index is 425. The Morgan fingerprint density at radius 1 is 1.06 bits per heavy atom. The first-order valence-corrected chi connectivity index (χ1v) is 5.70. The van der Waals surface area contributed by atoms with E-state index in [9.17, 15) is 0 Å². The molecule has 0 amide bonds. The van der Waals surface area contributed by atoms with Crippen LogP contribution in [0.4, 0.5) is 0 Å². The predicted octanol–water partition coefficient (Wildman–Crippen LogP) is 3.60. The Labute approximate surface area is 102 Å². The van der Waals surface area contributed by atoms with Gasteiger partial charge in [0, 0.05) is 18.2 Å². The summed E-state index contributed by atoms with van der Waals surface area (Å²) in [5.74, 6) is 0.690. The van der Waals surface area contributed by atoms with Crippen LogP contribution in [0.3, 0.4) is 0 Å². The maximum absolute atomic E-state index is 5.76. The van der Waals surface area contributed by atoms with Gasteiger partial charge in [-0.1, -0.05) is 48.5 Å². The third-order valence-electron chi connectivity index (χ3n) is 2.30. The number of hydrogen-bond donors (Lipinski definition) is 0. The molecule has 17 heavy (non-hydrogen) atoms. The van der Waals surface area contributed by atoms with Gasteiger partial charge in [-0.2, -0.15) is 0 Å². The summed E-state index contributed by atoms with van der Waals surface area (Å²) in [5.41, 5.74) is 1.01. The normalized spacial score (nSPS) is 12.1. The first-order valence-electron chi connectivity index (χ1n) is 5.70. The van der Waals surface area contributed by atoms with Crippen molar-refractivity contribution in [3.05, 3.63) is 66.2 Å². The van der Waals surface area contributed by atoms with Crippen LogP contribution in [-0.2, 0) is 4.74 Å². The fourth-order valence-electron chi connectivity index (χ4n) is 1.53. The molecule has 0 heterocycles. The molecule has 1 atom stereocenters. The Kier molecular flexibility index (Phi) is 4.17. The smallest absolute Gasteiger partial charge is 0.226 e. The molecule has 2 rings (SSSR count). The molecule has 0 fully saturated rings. The van der Waals surface area contributed by atoms with E-state index in [2.05, 4.69) is 6.07 Å². The molecule has 0 bridgehead atoms. The van der Waals surface area contributed by atoms with Gasteiger partial charge in [-0.15, -0.1) is 0 Å². The van der Waals surface area contributed by atoms with E-state index >= 15 is 0 Å². The summed E-state index contributed by atoms with van der Waals surface area (Å²) in [6.45, 7) is 2.56. The van der Waals surface area contributed by atoms with Crippen LogP contribution in [0.25, 0.3) is 0 Å². The van der Waals surface area contributed by atoms with Crippen molar-refractivity contribution < 1.29 is 9.47 Å². The van der Waals surface area contributed by atoms with Crippen molar-refractivity contribution in [2.24, 2.45) is 0 Å². The van der Waals surface area contributed by atoms with E-state index in [1.165, 1.54) is 0 Å². The van der Waals surface area contributed by atoms with E-state index in [-0.39, 0.29) is 6.29 Å². The highest BCUT2D eigenvalue weighted by molar-refractivity contribution is 5.22. The molecule has 1 unspecified atom stereocenters. The van der Waals surface area contributed by atoms with Gasteiger partial charge in [-0.3, -0.25) is 0 Å². The highest BCUT2D eigenvalue weighted by atomic mass is 16.7. The molecule has 0 saturated carbocycles. The first kappa shape index (κ1) is 11.7. The standard InChI is InChI=1S/C15H15O2/c1-2-16-15(13-9-5-3-6-10-13)17-14-11-7-4-8-12-14/h3-11,15H,2H2,1H3. The summed E-state index contributed by atoms with van der Waals surface area (Å²) < 4.78 is 11.4. The van der Waals surface area contributed by atoms with Gasteiger partial charge < -0.3 is 9.47 Å². The Balaban J connectivity index is 2.13. The van der Waals surface area contributed by atoms with Crippen LogP contribution >= 0.6 is 0 Å². The lowest BCUT2D eigenvalue weighted by Crippen LogP contribution is -2.11. The SMILES string of the molecule is CCOC(Oc1[c]cccc1)c1ccccc1. The Hall–Kier alpha value is -1.80. The molecule has 0 N–H and O–H groups in total. The zero-order chi connectivity index (χ0) is 11.9. The highest BCUT2D eigenvalue weighted by Crippen LogP contribution is 2.22. The molecule has 2 nitrogen and oxygen atoms in total. The fraction of sp³-hybridized carbons (Fsp3) is 0.200. The van der Waals surface area contributed by atoms with Crippen molar-refractivity contribution in [2.75, 3.05) is 6.61 Å². The average Bonchev–Trinajstić information content (AvgIpc) is 2.40. The van der Waals surface area contributed by atoms with Crippen LogP contribution in [0.2, 0.25) is 0 Å². The second-order valence-corrected chi connectivity index (χ2v) is 3.54. The number of ether oxygens (including phenoxy) is 2. The molecule has 0 aromatic heterocycles. The summed E-state index contributed by atoms with van der Waals surface area (Å²) in [6.07, 6.45) is -0.375. The number of hydrogen-bond acceptors (Lipinski definition) is 2. The molecule has 2 aromatic rings. The molecule has 2 heteroatoms. The van der Waals surface area contributed by atoms with Gasteiger partial charge >= 0.3 is 0 Å². The van der Waals surface area contributed by atoms with Crippen LogP contribution in [0.15, 0.2) is 54.6 Å². The van der Waals surface area contributed by atoms with Gasteiger partial charge in [-0.05, 0) is 13.0 Å². The second kappa shape index (κ2) is 6.06. The fourth-order valence-corrected chi connectivity index (χ4v) is 1.53. The van der Waals surface area contributed by atoms with E-state index < -0.39 is 0 Å². The van der Waals surface area contributed by atoms with Crippen LogP contribution in [0.1, 0.15) is 18.8 Å². The lowest BCUT2D eigenvalue weighted by Gasteiger charge is -2.18. The van der Waals surface area contributed by atoms with Crippen LogP contribution in [-0.4, -0.2) is 6.61 Å². The Morgan fingerprint density at radius 3 is 2.47 bits per heavy atom. The topological polar surface area (TPSA) is 18.5 Å². The number of benzene rings is 2. The maximum atomic E-state index is 5.76. The molecular weight excluding hydrogens is 212 g/mol. The second-order valence-electron chi connectivity index (χ2n) is 3.54. The van der Waals surface area contributed by atoms with Crippen molar-refractivity contribution in [1.82, 2.24) is 0 Å². The van der Waals surface area contributed by atoms with Crippen molar-refractivity contribution in [2.45, 2.75) is 13.2 Å². The molecular formula is C15H15O2. The zero-order valence-corrected chi connectivity index (χ0v) is 9.80. The van der Waals surface area contributed by atoms with E-state index in [4.69, 9.17) is 9.47 Å². The lowest BCUT2D eigenvalue weighted by molar-refractivity contribution is -0.0787. The highest BCUT2D eigenvalue weighted by Gasteiger charge is 2.12. The van der Waals surface area contributed by atoms with Crippen LogP contribution in [0, 0.1) is 6.07 Å². The van der Waals surface area contributed by atoms with E-state index in [0.717, 1.165) is 5.56 Å². The van der Waals surface area contributed by atoms with E-state index in [1.54, 1.807) is 0 Å². The monoisotopic (exact) mass is 227 g/mol. The molecule has 1 radical (unpaired) electrons. The van der Waals surface area contributed by atoms with Crippen LogP contribution < -0.4 is 4.74 Å². The summed E-state index contributed by atoms with van der Waals surface area (Å²) >= 11 is 0. The average molecular weight is 227 g/mol. The molecule has 0 saturated heterocycles. The van der Waals surface area contributed by atoms with Gasteiger partial charge in [-0.25, -0.2) is 0 Å². The molecule has 0 aliphatic carbocycles. The largest absolute Gasteiger partial charge is 0.460 e. The molecule has 2 aromatic carbocycles. The number of rotatable bonds is 5. The predicted molar refractivity (Wildman–Crippen MR) is 66.7 cm³/mol. The van der Waals surface area contributed by atoms with Crippen molar-refractivity contribution in [3.63, 3.8) is 0 Å². The third kappa shape index (κ3) is 3.33. The van der Waals surface area contributed by atoms with E-state index in [1.807, 2.05) is 61.5 Å². The summed E-state index contributed by atoms with van der Waals surface area (Å²) in [5, 5.41) is 0. The summed E-state index contributed by atoms with van der Waals surface area (Å²) in [7, 11) is 0. The number of para-hydroxylation sites is 1.